The van der Waals surface area contributed by atoms with E-state index in [2.05, 4.69) is 0 Å². The standard InChI is InChI=1S/C11H23NO6S/c1-12(11(13)10-18-7-6-16-2)4-5-17-8-9-19(3,14)15/h4-10H2,1-3H3. The molecule has 1 amide bonds. The number of carbonyl (C=O) groups is 1. The van der Waals surface area contributed by atoms with E-state index in [0.717, 1.165) is 6.26 Å². The second-order valence-corrected chi connectivity index (χ2v) is 6.36. The molecule has 0 bridgehead atoms. The molecule has 8 heteroatoms. The molecule has 114 valence electrons. The van der Waals surface area contributed by atoms with Crippen molar-refractivity contribution in [3.8, 4) is 0 Å². The molecule has 0 aliphatic rings. The lowest BCUT2D eigenvalue weighted by Crippen LogP contribution is -2.33. The van der Waals surface area contributed by atoms with Crippen LogP contribution in [0.15, 0.2) is 0 Å². The van der Waals surface area contributed by atoms with Crippen molar-refractivity contribution in [3.05, 3.63) is 0 Å². The third-order valence-electron chi connectivity index (χ3n) is 2.25. The van der Waals surface area contributed by atoms with E-state index in [0.29, 0.717) is 26.4 Å². The monoisotopic (exact) mass is 297 g/mol. The normalized spacial score (nSPS) is 11.5. The predicted molar refractivity (Wildman–Crippen MR) is 70.9 cm³/mol. The summed E-state index contributed by atoms with van der Waals surface area (Å²) >= 11 is 0. The molecule has 0 unspecified atom stereocenters. The third-order valence-corrected chi connectivity index (χ3v) is 3.16. The zero-order valence-electron chi connectivity index (χ0n) is 11.8. The minimum absolute atomic E-state index is 0.00317. The van der Waals surface area contributed by atoms with Crippen molar-refractivity contribution >= 4 is 15.7 Å². The highest BCUT2D eigenvalue weighted by Gasteiger charge is 2.08. The van der Waals surface area contributed by atoms with Crippen molar-refractivity contribution in [2.45, 2.75) is 0 Å². The Morgan fingerprint density at radius 3 is 2.37 bits per heavy atom. The quantitative estimate of drug-likeness (QED) is 0.463. The molecule has 0 heterocycles. The van der Waals surface area contributed by atoms with E-state index in [4.69, 9.17) is 14.2 Å². The molecule has 0 N–H and O–H groups in total. The van der Waals surface area contributed by atoms with Crippen LogP contribution >= 0.6 is 0 Å². The van der Waals surface area contributed by atoms with E-state index >= 15 is 0 Å². The molecule has 0 radical (unpaired) electrons. The van der Waals surface area contributed by atoms with Gasteiger partial charge in [0.1, 0.15) is 16.4 Å². The maximum absolute atomic E-state index is 11.5. The van der Waals surface area contributed by atoms with Crippen LogP contribution in [0.5, 0.6) is 0 Å². The number of hydrogen-bond acceptors (Lipinski definition) is 6. The molecule has 0 aromatic heterocycles. The predicted octanol–water partition coefficient (Wildman–Crippen LogP) is -0.831. The number of amides is 1. The van der Waals surface area contributed by atoms with Gasteiger partial charge in [-0.3, -0.25) is 4.79 Å². The van der Waals surface area contributed by atoms with Gasteiger partial charge in [-0.2, -0.15) is 0 Å². The fourth-order valence-corrected chi connectivity index (χ4v) is 1.47. The van der Waals surface area contributed by atoms with Gasteiger partial charge in [-0.05, 0) is 0 Å². The summed E-state index contributed by atoms with van der Waals surface area (Å²) in [6.45, 7) is 1.67. The van der Waals surface area contributed by atoms with Crippen LogP contribution in [0.25, 0.3) is 0 Å². The Labute approximate surface area is 114 Å². The Morgan fingerprint density at radius 2 is 1.79 bits per heavy atom. The van der Waals surface area contributed by atoms with Crippen molar-refractivity contribution in [1.82, 2.24) is 4.90 Å². The second kappa shape index (κ2) is 10.1. The van der Waals surface area contributed by atoms with Gasteiger partial charge < -0.3 is 19.1 Å². The van der Waals surface area contributed by atoms with Gasteiger partial charge >= 0.3 is 0 Å². The first kappa shape index (κ1) is 18.3. The number of likely N-dealkylation sites (N-methyl/N-ethyl adjacent to an activating group) is 1. The number of hydrogen-bond donors (Lipinski definition) is 0. The van der Waals surface area contributed by atoms with Crippen LogP contribution in [-0.2, 0) is 28.8 Å². The minimum Gasteiger partial charge on any atom is -0.382 e. The fraction of sp³-hybridized carbons (Fsp3) is 0.909. The van der Waals surface area contributed by atoms with Crippen LogP contribution in [0.3, 0.4) is 0 Å². The molecule has 0 aliphatic heterocycles. The minimum atomic E-state index is -3.00. The zero-order valence-corrected chi connectivity index (χ0v) is 12.6. The van der Waals surface area contributed by atoms with Crippen LogP contribution in [-0.4, -0.2) is 85.0 Å². The van der Waals surface area contributed by atoms with Crippen molar-refractivity contribution < 1.29 is 27.4 Å². The highest BCUT2D eigenvalue weighted by Crippen LogP contribution is 1.89. The summed E-state index contributed by atoms with van der Waals surface area (Å²) in [5.41, 5.74) is 0. The number of carbonyl (C=O) groups excluding carboxylic acids is 1. The first-order valence-corrected chi connectivity index (χ1v) is 7.99. The summed E-state index contributed by atoms with van der Waals surface area (Å²) in [6.07, 6.45) is 1.16. The second-order valence-electron chi connectivity index (χ2n) is 4.10. The molecule has 7 nitrogen and oxygen atoms in total. The van der Waals surface area contributed by atoms with E-state index < -0.39 is 9.84 Å². The maximum Gasteiger partial charge on any atom is 0.248 e. The van der Waals surface area contributed by atoms with Gasteiger partial charge in [-0.25, -0.2) is 8.42 Å². The number of methoxy groups -OCH3 is 1. The largest absolute Gasteiger partial charge is 0.382 e. The molecule has 19 heavy (non-hydrogen) atoms. The highest BCUT2D eigenvalue weighted by atomic mass is 32.2. The van der Waals surface area contributed by atoms with E-state index in [9.17, 15) is 13.2 Å². The van der Waals surface area contributed by atoms with Gasteiger partial charge in [0.25, 0.3) is 0 Å². The molecule has 0 aliphatic carbocycles. The summed E-state index contributed by atoms with van der Waals surface area (Å²) in [5, 5.41) is 0. The number of sulfone groups is 1. The van der Waals surface area contributed by atoms with Crippen LogP contribution in [0.4, 0.5) is 0 Å². The first-order valence-electron chi connectivity index (χ1n) is 5.93. The summed E-state index contributed by atoms with van der Waals surface area (Å²) < 4.78 is 36.7. The van der Waals surface area contributed by atoms with Gasteiger partial charge in [-0.15, -0.1) is 0 Å². The highest BCUT2D eigenvalue weighted by molar-refractivity contribution is 7.90. The lowest BCUT2D eigenvalue weighted by Gasteiger charge is -2.17. The zero-order chi connectivity index (χ0) is 14.7. The fourth-order valence-electron chi connectivity index (χ4n) is 1.05. The van der Waals surface area contributed by atoms with E-state index in [-0.39, 0.29) is 24.9 Å². The topological polar surface area (TPSA) is 82.1 Å². The molecule has 0 atom stereocenters. The molecule has 0 aromatic rings. The van der Waals surface area contributed by atoms with Crippen LogP contribution in [0.1, 0.15) is 0 Å². The first-order chi connectivity index (χ1) is 8.87. The summed E-state index contributed by atoms with van der Waals surface area (Å²) in [4.78, 5) is 13.0. The molecular formula is C11H23NO6S. The molecule has 0 saturated heterocycles. The Balaban J connectivity index is 3.56. The lowest BCUT2D eigenvalue weighted by atomic mass is 10.5. The van der Waals surface area contributed by atoms with Crippen molar-refractivity contribution in [1.29, 1.82) is 0 Å². The molecule has 0 saturated carbocycles. The van der Waals surface area contributed by atoms with Gasteiger partial charge in [0, 0.05) is 27.0 Å². The van der Waals surface area contributed by atoms with Gasteiger partial charge in [0.05, 0.1) is 32.2 Å². The smallest absolute Gasteiger partial charge is 0.248 e. The summed E-state index contributed by atoms with van der Waals surface area (Å²) in [7, 11) is 0.205. The van der Waals surface area contributed by atoms with E-state index in [1.165, 1.54) is 4.90 Å². The lowest BCUT2D eigenvalue weighted by molar-refractivity contribution is -0.135. The molecule has 0 fully saturated rings. The van der Waals surface area contributed by atoms with Crippen molar-refractivity contribution in [2.75, 3.05) is 65.7 Å². The third kappa shape index (κ3) is 12.1. The number of nitrogens with zero attached hydrogens (tertiary/aromatic N) is 1. The average Bonchev–Trinajstić information content (AvgIpc) is 2.32. The van der Waals surface area contributed by atoms with Crippen molar-refractivity contribution in [3.63, 3.8) is 0 Å². The average molecular weight is 297 g/mol. The molecule has 0 rings (SSSR count). The van der Waals surface area contributed by atoms with E-state index in [1.807, 2.05) is 0 Å². The number of ether oxygens (including phenoxy) is 3. The Hall–Kier alpha value is -0.700. The van der Waals surface area contributed by atoms with Crippen molar-refractivity contribution in [2.24, 2.45) is 0 Å². The maximum atomic E-state index is 11.5. The SMILES string of the molecule is COCCOCC(=O)N(C)CCOCCS(C)(=O)=O. The molecule has 0 spiro atoms. The van der Waals surface area contributed by atoms with Gasteiger partial charge in [-0.1, -0.05) is 0 Å². The Morgan fingerprint density at radius 1 is 1.11 bits per heavy atom. The number of rotatable bonds is 11. The van der Waals surface area contributed by atoms with Crippen LogP contribution < -0.4 is 0 Å². The molecular weight excluding hydrogens is 274 g/mol. The Bertz CT molecular complexity index is 343. The van der Waals surface area contributed by atoms with Crippen LogP contribution in [0, 0.1) is 0 Å². The molecule has 0 aromatic carbocycles. The summed E-state index contributed by atoms with van der Waals surface area (Å²) in [5.74, 6) is -0.159. The summed E-state index contributed by atoms with van der Waals surface area (Å²) in [6, 6.07) is 0. The van der Waals surface area contributed by atoms with E-state index in [1.54, 1.807) is 14.2 Å². The van der Waals surface area contributed by atoms with Crippen LogP contribution in [0.2, 0.25) is 0 Å². The van der Waals surface area contributed by atoms with Gasteiger partial charge in [0.2, 0.25) is 5.91 Å². The van der Waals surface area contributed by atoms with Gasteiger partial charge in [0.15, 0.2) is 0 Å². The Kier molecular flexibility index (Phi) is 9.76.